The highest BCUT2D eigenvalue weighted by molar-refractivity contribution is 7.80. The number of thiol groups is 1. The van der Waals surface area contributed by atoms with Crippen LogP contribution >= 0.6 is 12.6 Å². The molecule has 0 spiro atoms. The second kappa shape index (κ2) is 9.36. The van der Waals surface area contributed by atoms with Crippen LogP contribution in [0, 0.1) is 19.7 Å². The molecule has 0 bridgehead atoms. The van der Waals surface area contributed by atoms with Crippen molar-refractivity contribution in [2.45, 2.75) is 37.6 Å². The van der Waals surface area contributed by atoms with Crippen molar-refractivity contribution < 1.29 is 18.3 Å². The lowest BCUT2D eigenvalue weighted by atomic mass is 9.88. The summed E-state index contributed by atoms with van der Waals surface area (Å²) >= 11 is 4.23. The highest BCUT2D eigenvalue weighted by Crippen LogP contribution is 2.35. The van der Waals surface area contributed by atoms with Gasteiger partial charge >= 0.3 is 5.76 Å². The van der Waals surface area contributed by atoms with Crippen molar-refractivity contribution in [1.29, 1.82) is 0 Å². The molecule has 3 N–H and O–H groups in total. The third-order valence-corrected chi connectivity index (χ3v) is 5.36. The number of hydrogen-bond donors (Lipinski definition) is 3. The lowest BCUT2D eigenvalue weighted by molar-refractivity contribution is 0.167. The number of halogens is 1. The van der Waals surface area contributed by atoms with Gasteiger partial charge in [0, 0.05) is 5.92 Å². The summed E-state index contributed by atoms with van der Waals surface area (Å²) in [6, 6.07) is 8.12. The topological polar surface area (TPSA) is 103 Å². The minimum Gasteiger partial charge on any atom is -0.486 e. The van der Waals surface area contributed by atoms with Crippen molar-refractivity contribution >= 4 is 12.6 Å². The number of aryl methyl sites for hydroxylation is 1. The standard InChI is InChI=1S/C13H16FN3O2.C8H8O2S/c1-6-4-5-9(14)10(7(6)2)8(3)11(15)12-16-17-13(18)19-12;11-7-3-1-2-6-8(7)10-5-4-9-6/h4-5,8,11H,15H2,1-3H3,(H,17,18);1-3,11H,4-5H2. The maximum absolute atomic E-state index is 14.0. The average Bonchev–Trinajstić information content (AvgIpc) is 3.17. The van der Waals surface area contributed by atoms with E-state index in [4.69, 9.17) is 19.6 Å². The second-order valence-electron chi connectivity index (χ2n) is 6.97. The van der Waals surface area contributed by atoms with Crippen molar-refractivity contribution in [2.75, 3.05) is 13.2 Å². The van der Waals surface area contributed by atoms with Crippen LogP contribution in [0.5, 0.6) is 11.5 Å². The molecule has 160 valence electrons. The predicted molar refractivity (Wildman–Crippen MR) is 113 cm³/mol. The normalized spacial score (nSPS) is 14.5. The van der Waals surface area contributed by atoms with Crippen LogP contribution in [-0.2, 0) is 0 Å². The van der Waals surface area contributed by atoms with Crippen LogP contribution in [0.1, 0.15) is 41.5 Å². The molecule has 2 heterocycles. The summed E-state index contributed by atoms with van der Waals surface area (Å²) in [5.41, 5.74) is 8.35. The van der Waals surface area contributed by atoms with Crippen molar-refractivity contribution in [1.82, 2.24) is 10.2 Å². The van der Waals surface area contributed by atoms with Gasteiger partial charge in [-0.15, -0.1) is 17.7 Å². The number of ether oxygens (including phenoxy) is 2. The zero-order valence-corrected chi connectivity index (χ0v) is 17.8. The first-order valence-electron chi connectivity index (χ1n) is 9.43. The number of H-pyrrole nitrogens is 1. The van der Waals surface area contributed by atoms with E-state index in [1.54, 1.807) is 13.0 Å². The van der Waals surface area contributed by atoms with Crippen molar-refractivity contribution in [3.05, 3.63) is 69.3 Å². The second-order valence-corrected chi connectivity index (χ2v) is 7.45. The molecule has 4 rings (SSSR count). The molecule has 0 amide bonds. The quantitative estimate of drug-likeness (QED) is 0.545. The van der Waals surface area contributed by atoms with Gasteiger partial charge in [-0.2, -0.15) is 0 Å². The van der Waals surface area contributed by atoms with E-state index in [9.17, 15) is 9.18 Å². The van der Waals surface area contributed by atoms with Crippen molar-refractivity contribution in [3.8, 4) is 11.5 Å². The van der Waals surface area contributed by atoms with Crippen molar-refractivity contribution in [3.63, 3.8) is 0 Å². The van der Waals surface area contributed by atoms with Crippen LogP contribution in [0.3, 0.4) is 0 Å². The molecule has 0 saturated carbocycles. The van der Waals surface area contributed by atoms with Crippen LogP contribution < -0.4 is 21.0 Å². The van der Waals surface area contributed by atoms with E-state index in [1.165, 1.54) is 6.07 Å². The van der Waals surface area contributed by atoms with E-state index in [1.807, 2.05) is 32.0 Å². The van der Waals surface area contributed by atoms with E-state index >= 15 is 0 Å². The number of para-hydroxylation sites is 1. The van der Waals surface area contributed by atoms with Gasteiger partial charge in [-0.05, 0) is 48.7 Å². The fourth-order valence-electron chi connectivity index (χ4n) is 3.20. The zero-order valence-electron chi connectivity index (χ0n) is 16.9. The fraction of sp³-hybridized carbons (Fsp3) is 0.333. The van der Waals surface area contributed by atoms with E-state index in [0.29, 0.717) is 18.8 Å². The predicted octanol–water partition coefficient (Wildman–Crippen LogP) is 3.67. The average molecular weight is 434 g/mol. The Morgan fingerprint density at radius 2 is 1.93 bits per heavy atom. The molecule has 1 aliphatic rings. The Morgan fingerprint density at radius 1 is 1.20 bits per heavy atom. The van der Waals surface area contributed by atoms with Crippen LogP contribution in [-0.4, -0.2) is 23.4 Å². The molecule has 3 aromatic rings. The van der Waals surface area contributed by atoms with E-state index in [-0.39, 0.29) is 17.6 Å². The Hall–Kier alpha value is -2.78. The highest BCUT2D eigenvalue weighted by atomic mass is 32.1. The van der Waals surface area contributed by atoms with Gasteiger partial charge < -0.3 is 19.6 Å². The molecule has 0 aliphatic carbocycles. The third-order valence-electron chi connectivity index (χ3n) is 5.01. The lowest BCUT2D eigenvalue weighted by Crippen LogP contribution is -2.20. The van der Waals surface area contributed by atoms with Gasteiger partial charge in [0.1, 0.15) is 19.0 Å². The monoisotopic (exact) mass is 433 g/mol. The molecular formula is C21H24FN3O4S. The molecular weight excluding hydrogens is 409 g/mol. The summed E-state index contributed by atoms with van der Waals surface area (Å²) in [4.78, 5) is 11.8. The van der Waals surface area contributed by atoms with Gasteiger partial charge in [-0.1, -0.05) is 19.1 Å². The van der Waals surface area contributed by atoms with Crippen molar-refractivity contribution in [2.24, 2.45) is 5.73 Å². The zero-order chi connectivity index (χ0) is 21.8. The minimum absolute atomic E-state index is 0.0813. The molecule has 2 atom stereocenters. The summed E-state index contributed by atoms with van der Waals surface area (Å²) < 4.78 is 29.5. The van der Waals surface area contributed by atoms with Gasteiger partial charge in [0.25, 0.3) is 0 Å². The number of nitrogens with zero attached hydrogens (tertiary/aromatic N) is 1. The number of nitrogens with one attached hydrogen (secondary N) is 1. The molecule has 30 heavy (non-hydrogen) atoms. The SMILES string of the molecule is Cc1ccc(F)c(C(C)C(N)c2n[nH]c(=O)o2)c1C.Sc1cccc2c1OCCO2. The fourth-order valence-corrected chi connectivity index (χ4v) is 3.46. The van der Waals surface area contributed by atoms with Crippen LogP contribution in [0.15, 0.2) is 44.4 Å². The Bertz CT molecular complexity index is 1080. The number of benzene rings is 2. The molecule has 0 fully saturated rings. The summed E-state index contributed by atoms with van der Waals surface area (Å²) in [5.74, 6) is 0.304. The smallest absolute Gasteiger partial charge is 0.434 e. The van der Waals surface area contributed by atoms with Gasteiger partial charge in [-0.3, -0.25) is 0 Å². The number of rotatable bonds is 3. The molecule has 9 heteroatoms. The Morgan fingerprint density at radius 3 is 2.60 bits per heavy atom. The lowest BCUT2D eigenvalue weighted by Gasteiger charge is -2.20. The minimum atomic E-state index is -0.686. The van der Waals surface area contributed by atoms with Gasteiger partial charge in [0.15, 0.2) is 11.5 Å². The van der Waals surface area contributed by atoms with Gasteiger partial charge in [-0.25, -0.2) is 14.3 Å². The molecule has 2 aromatic carbocycles. The molecule has 2 unspecified atom stereocenters. The molecule has 7 nitrogen and oxygen atoms in total. The van der Waals surface area contributed by atoms with Crippen LogP contribution in [0.4, 0.5) is 4.39 Å². The Balaban J connectivity index is 0.000000196. The maximum Gasteiger partial charge on any atom is 0.434 e. The first-order chi connectivity index (χ1) is 14.3. The number of fused-ring (bicyclic) bond motifs is 1. The molecule has 1 aliphatic heterocycles. The largest absolute Gasteiger partial charge is 0.486 e. The highest BCUT2D eigenvalue weighted by Gasteiger charge is 2.26. The maximum atomic E-state index is 14.0. The number of aromatic nitrogens is 2. The Kier molecular flexibility index (Phi) is 6.84. The third kappa shape index (κ3) is 4.68. The summed E-state index contributed by atoms with van der Waals surface area (Å²) in [6.07, 6.45) is 0. The Labute approximate surface area is 178 Å². The van der Waals surface area contributed by atoms with Crippen LogP contribution in [0.2, 0.25) is 0 Å². The summed E-state index contributed by atoms with van der Waals surface area (Å²) in [5, 5.41) is 5.84. The van der Waals surface area contributed by atoms with E-state index < -0.39 is 11.8 Å². The first-order valence-corrected chi connectivity index (χ1v) is 9.88. The molecule has 0 saturated heterocycles. The van der Waals surface area contributed by atoms with Gasteiger partial charge in [0.2, 0.25) is 5.89 Å². The van der Waals surface area contributed by atoms with Gasteiger partial charge in [0.05, 0.1) is 10.9 Å². The molecule has 1 aromatic heterocycles. The summed E-state index contributed by atoms with van der Waals surface area (Å²) in [6.45, 7) is 6.78. The number of nitrogens with two attached hydrogens (primary N) is 1. The van der Waals surface area contributed by atoms with E-state index in [2.05, 4.69) is 22.8 Å². The van der Waals surface area contributed by atoms with E-state index in [0.717, 1.165) is 27.5 Å². The van der Waals surface area contributed by atoms with Crippen LogP contribution in [0.25, 0.3) is 0 Å². The molecule has 0 radical (unpaired) electrons. The first kappa shape index (κ1) is 21.9. The number of hydrogen-bond acceptors (Lipinski definition) is 7. The number of aromatic amines is 1. The summed E-state index contributed by atoms with van der Waals surface area (Å²) in [7, 11) is 0.